The molecule has 0 spiro atoms. The molecule has 0 aliphatic rings. The maximum absolute atomic E-state index is 5.95. The van der Waals surface area contributed by atoms with Crippen molar-refractivity contribution < 1.29 is 0 Å². The van der Waals surface area contributed by atoms with Crippen molar-refractivity contribution in [2.75, 3.05) is 0 Å². The molecule has 1 aromatic heterocycles. The van der Waals surface area contributed by atoms with E-state index in [1.807, 2.05) is 26.0 Å². The van der Waals surface area contributed by atoms with E-state index in [9.17, 15) is 0 Å². The Morgan fingerprint density at radius 3 is 2.54 bits per heavy atom. The second-order valence-corrected chi connectivity index (χ2v) is 5.33. The first-order chi connectivity index (χ1) is 6.00. The van der Waals surface area contributed by atoms with E-state index in [-0.39, 0.29) is 6.04 Å². The van der Waals surface area contributed by atoms with Crippen molar-refractivity contribution in [3.63, 3.8) is 0 Å². The van der Waals surface area contributed by atoms with Gasteiger partial charge in [0.1, 0.15) is 0 Å². The first kappa shape index (κ1) is 11.1. The van der Waals surface area contributed by atoms with Gasteiger partial charge in [0.2, 0.25) is 0 Å². The highest BCUT2D eigenvalue weighted by Crippen LogP contribution is 2.34. The Morgan fingerprint density at radius 2 is 2.15 bits per heavy atom. The van der Waals surface area contributed by atoms with Crippen LogP contribution in [0.5, 0.6) is 0 Å². The minimum atomic E-state index is -0.152. The molecule has 1 heterocycles. The van der Waals surface area contributed by atoms with Crippen LogP contribution in [-0.4, -0.2) is 0 Å². The van der Waals surface area contributed by atoms with Crippen LogP contribution in [0.4, 0.5) is 0 Å². The minimum Gasteiger partial charge on any atom is -0.321 e. The van der Waals surface area contributed by atoms with Crippen LogP contribution in [-0.2, 0) is 0 Å². The van der Waals surface area contributed by atoms with Gasteiger partial charge in [-0.05, 0) is 19.9 Å². The highest BCUT2D eigenvalue weighted by molar-refractivity contribution is 7.20. The standard InChI is InChI=1S/C9H11Cl2NS/c1-5(2)3-7(12)6-4-8(10)13-9(6)11/h3-4,7H,12H2,1-2H3. The van der Waals surface area contributed by atoms with E-state index in [0.29, 0.717) is 8.67 Å². The van der Waals surface area contributed by atoms with Crippen LogP contribution in [0.25, 0.3) is 0 Å². The Kier molecular flexibility index (Phi) is 3.80. The number of nitrogens with two attached hydrogens (primary N) is 1. The Balaban J connectivity index is 2.94. The highest BCUT2D eigenvalue weighted by Gasteiger charge is 2.11. The Morgan fingerprint density at radius 1 is 1.54 bits per heavy atom. The average molecular weight is 236 g/mol. The zero-order valence-electron chi connectivity index (χ0n) is 7.47. The minimum absolute atomic E-state index is 0.152. The molecule has 72 valence electrons. The predicted octanol–water partition coefficient (Wildman–Crippen LogP) is 4.02. The molecule has 0 saturated heterocycles. The van der Waals surface area contributed by atoms with Crippen molar-refractivity contribution in [1.82, 2.24) is 0 Å². The molecule has 4 heteroatoms. The summed E-state index contributed by atoms with van der Waals surface area (Å²) >= 11 is 13.1. The van der Waals surface area contributed by atoms with Gasteiger partial charge in [-0.25, -0.2) is 0 Å². The van der Waals surface area contributed by atoms with Crippen molar-refractivity contribution in [3.05, 3.63) is 32.0 Å². The second kappa shape index (κ2) is 4.47. The molecule has 1 nitrogen and oxygen atoms in total. The lowest BCUT2D eigenvalue weighted by atomic mass is 10.1. The van der Waals surface area contributed by atoms with E-state index in [0.717, 1.165) is 5.56 Å². The Bertz CT molecular complexity index is 326. The highest BCUT2D eigenvalue weighted by atomic mass is 35.5. The van der Waals surface area contributed by atoms with Gasteiger partial charge < -0.3 is 5.73 Å². The number of hydrogen-bond acceptors (Lipinski definition) is 2. The summed E-state index contributed by atoms with van der Waals surface area (Å²) in [5.41, 5.74) is 7.97. The van der Waals surface area contributed by atoms with E-state index in [1.165, 1.54) is 16.9 Å². The summed E-state index contributed by atoms with van der Waals surface area (Å²) in [6, 6.07) is 1.67. The van der Waals surface area contributed by atoms with Crippen LogP contribution in [0.3, 0.4) is 0 Å². The second-order valence-electron chi connectivity index (χ2n) is 3.05. The monoisotopic (exact) mass is 235 g/mol. The summed E-state index contributed by atoms with van der Waals surface area (Å²) < 4.78 is 1.35. The van der Waals surface area contributed by atoms with Gasteiger partial charge in [-0.3, -0.25) is 0 Å². The summed E-state index contributed by atoms with van der Waals surface area (Å²) in [5, 5.41) is 0. The molecule has 0 radical (unpaired) electrons. The molecule has 0 fully saturated rings. The zero-order valence-corrected chi connectivity index (χ0v) is 9.80. The third-order valence-electron chi connectivity index (χ3n) is 1.56. The summed E-state index contributed by atoms with van der Waals surface area (Å²) in [6.45, 7) is 4.00. The van der Waals surface area contributed by atoms with Gasteiger partial charge in [0.05, 0.1) is 14.7 Å². The van der Waals surface area contributed by atoms with Crippen LogP contribution < -0.4 is 5.73 Å². The number of halogens is 2. The van der Waals surface area contributed by atoms with Gasteiger partial charge in [-0.15, -0.1) is 11.3 Å². The predicted molar refractivity (Wildman–Crippen MR) is 60.7 cm³/mol. The lowest BCUT2D eigenvalue weighted by Gasteiger charge is -2.05. The van der Waals surface area contributed by atoms with Crippen molar-refractivity contribution in [3.8, 4) is 0 Å². The third-order valence-corrected chi connectivity index (χ3v) is 3.07. The van der Waals surface area contributed by atoms with Gasteiger partial charge in [-0.1, -0.05) is 34.9 Å². The molecule has 1 aromatic rings. The fourth-order valence-corrected chi connectivity index (χ4v) is 2.60. The summed E-state index contributed by atoms with van der Waals surface area (Å²) in [6.07, 6.45) is 1.96. The van der Waals surface area contributed by atoms with Crippen molar-refractivity contribution in [1.29, 1.82) is 0 Å². The first-order valence-corrected chi connectivity index (χ1v) is 5.43. The number of rotatable bonds is 2. The van der Waals surface area contributed by atoms with Crippen molar-refractivity contribution >= 4 is 34.5 Å². The van der Waals surface area contributed by atoms with Gasteiger partial charge in [-0.2, -0.15) is 0 Å². The molecule has 13 heavy (non-hydrogen) atoms. The van der Waals surface area contributed by atoms with Gasteiger partial charge in [0.25, 0.3) is 0 Å². The fraction of sp³-hybridized carbons (Fsp3) is 0.333. The van der Waals surface area contributed by atoms with E-state index in [4.69, 9.17) is 28.9 Å². The summed E-state index contributed by atoms with van der Waals surface area (Å²) in [7, 11) is 0. The summed E-state index contributed by atoms with van der Waals surface area (Å²) in [4.78, 5) is 0. The topological polar surface area (TPSA) is 26.0 Å². The normalized spacial score (nSPS) is 12.7. The molecule has 0 aromatic carbocycles. The average Bonchev–Trinajstić information content (AvgIpc) is 2.28. The maximum Gasteiger partial charge on any atom is 0.0995 e. The molecule has 0 amide bonds. The zero-order chi connectivity index (χ0) is 10.0. The maximum atomic E-state index is 5.95. The van der Waals surface area contributed by atoms with Crippen LogP contribution in [0.15, 0.2) is 17.7 Å². The van der Waals surface area contributed by atoms with Crippen LogP contribution in [0.1, 0.15) is 25.5 Å². The fourth-order valence-electron chi connectivity index (χ4n) is 1.03. The molecule has 0 aliphatic heterocycles. The lowest BCUT2D eigenvalue weighted by Crippen LogP contribution is -2.06. The molecule has 1 atom stereocenters. The van der Waals surface area contributed by atoms with E-state index < -0.39 is 0 Å². The molecular formula is C9H11Cl2NS. The van der Waals surface area contributed by atoms with E-state index in [2.05, 4.69) is 0 Å². The SMILES string of the molecule is CC(C)=CC(N)c1cc(Cl)sc1Cl. The van der Waals surface area contributed by atoms with Crippen molar-refractivity contribution in [2.24, 2.45) is 5.73 Å². The van der Waals surface area contributed by atoms with Gasteiger partial charge in [0.15, 0.2) is 0 Å². The molecule has 1 unspecified atom stereocenters. The quantitative estimate of drug-likeness (QED) is 0.771. The lowest BCUT2D eigenvalue weighted by molar-refractivity contribution is 0.905. The molecule has 0 bridgehead atoms. The first-order valence-electron chi connectivity index (χ1n) is 3.86. The largest absolute Gasteiger partial charge is 0.321 e. The van der Waals surface area contributed by atoms with Crippen LogP contribution >= 0.6 is 34.5 Å². The molecular weight excluding hydrogens is 225 g/mol. The van der Waals surface area contributed by atoms with Crippen LogP contribution in [0, 0.1) is 0 Å². The molecule has 1 rings (SSSR count). The number of thiophene rings is 1. The Hall–Kier alpha value is -0.0200. The van der Waals surface area contributed by atoms with Gasteiger partial charge >= 0.3 is 0 Å². The number of allylic oxidation sites excluding steroid dienone is 1. The molecule has 0 saturated carbocycles. The van der Waals surface area contributed by atoms with Crippen LogP contribution in [0.2, 0.25) is 8.67 Å². The smallest absolute Gasteiger partial charge is 0.0995 e. The summed E-state index contributed by atoms with van der Waals surface area (Å²) in [5.74, 6) is 0. The van der Waals surface area contributed by atoms with Crippen molar-refractivity contribution in [2.45, 2.75) is 19.9 Å². The van der Waals surface area contributed by atoms with E-state index >= 15 is 0 Å². The van der Waals surface area contributed by atoms with E-state index in [1.54, 1.807) is 0 Å². The van der Waals surface area contributed by atoms with Gasteiger partial charge in [0, 0.05) is 5.56 Å². The Labute approximate surface area is 92.2 Å². The molecule has 2 N–H and O–H groups in total. The molecule has 0 aliphatic carbocycles. The number of hydrogen-bond donors (Lipinski definition) is 1. The third kappa shape index (κ3) is 2.99.